The largest absolute Gasteiger partial charge is 0.468 e. The summed E-state index contributed by atoms with van der Waals surface area (Å²) in [6.07, 6.45) is -0.399. The van der Waals surface area contributed by atoms with E-state index in [0.29, 0.717) is 6.42 Å². The number of carbonyl (C=O) groups excluding carboxylic acids is 2. The molecule has 1 aliphatic rings. The maximum absolute atomic E-state index is 11.2. The number of hydrogen-bond donors (Lipinski definition) is 0. The van der Waals surface area contributed by atoms with Gasteiger partial charge in [-0.15, -0.1) is 0 Å². The van der Waals surface area contributed by atoms with E-state index >= 15 is 0 Å². The van der Waals surface area contributed by atoms with E-state index in [9.17, 15) is 9.59 Å². The summed E-state index contributed by atoms with van der Waals surface area (Å²) < 4.78 is 9.35. The Kier molecular flexibility index (Phi) is 3.43. The molecule has 2 atom stereocenters. The van der Waals surface area contributed by atoms with Crippen LogP contribution in [0.25, 0.3) is 0 Å². The van der Waals surface area contributed by atoms with Gasteiger partial charge < -0.3 is 9.47 Å². The summed E-state index contributed by atoms with van der Waals surface area (Å²) >= 11 is 0. The van der Waals surface area contributed by atoms with Crippen molar-refractivity contribution in [2.45, 2.75) is 25.7 Å². The fourth-order valence-corrected chi connectivity index (χ4v) is 1.27. The maximum atomic E-state index is 11.2. The molecule has 0 spiro atoms. The van der Waals surface area contributed by atoms with Crippen molar-refractivity contribution < 1.29 is 23.9 Å². The van der Waals surface area contributed by atoms with Gasteiger partial charge in [0.25, 0.3) is 0 Å². The molecular weight excluding hydrogens is 190 g/mol. The Bertz CT molecular complexity index is 242. The fourth-order valence-electron chi connectivity index (χ4n) is 1.27. The van der Waals surface area contributed by atoms with E-state index in [-0.39, 0.29) is 0 Å². The van der Waals surface area contributed by atoms with Crippen molar-refractivity contribution >= 4 is 11.9 Å². The van der Waals surface area contributed by atoms with Crippen molar-refractivity contribution in [3.8, 4) is 0 Å². The Morgan fingerprint density at radius 3 is 2.64 bits per heavy atom. The number of likely N-dealkylation sites (N-methyl/N-ethyl adjacent to an activating group) is 1. The van der Waals surface area contributed by atoms with Crippen LogP contribution in [0.2, 0.25) is 0 Å². The zero-order chi connectivity index (χ0) is 10.7. The van der Waals surface area contributed by atoms with Crippen LogP contribution in [0.3, 0.4) is 0 Å². The molecule has 0 aromatic heterocycles. The van der Waals surface area contributed by atoms with E-state index in [1.807, 2.05) is 0 Å². The van der Waals surface area contributed by atoms with Crippen LogP contribution in [0.1, 0.15) is 13.3 Å². The van der Waals surface area contributed by atoms with E-state index in [2.05, 4.69) is 4.74 Å². The first kappa shape index (κ1) is 10.9. The molecule has 6 nitrogen and oxygen atoms in total. The third-order valence-corrected chi connectivity index (χ3v) is 1.91. The molecule has 0 radical (unpaired) electrons. The summed E-state index contributed by atoms with van der Waals surface area (Å²) in [7, 11) is 2.89. The molecular formula is C8H13NO5. The highest BCUT2D eigenvalue weighted by Gasteiger charge is 2.38. The van der Waals surface area contributed by atoms with Gasteiger partial charge in [0.15, 0.2) is 0 Å². The summed E-state index contributed by atoms with van der Waals surface area (Å²) in [6.45, 7) is 1.29. The van der Waals surface area contributed by atoms with Crippen LogP contribution in [-0.4, -0.2) is 43.5 Å². The van der Waals surface area contributed by atoms with Crippen molar-refractivity contribution in [3.05, 3.63) is 0 Å². The SMILES string of the molecule is COC(=O)[C@H]1C[C@@H](OC(C)=O)ON1C. The lowest BCUT2D eigenvalue weighted by molar-refractivity contribution is -0.226. The molecule has 0 aromatic rings. The number of nitrogens with zero attached hydrogens (tertiary/aromatic N) is 1. The van der Waals surface area contributed by atoms with Gasteiger partial charge in [0.05, 0.1) is 7.11 Å². The number of rotatable bonds is 2. The molecule has 6 heteroatoms. The predicted octanol–water partition coefficient (Wildman–Crippen LogP) is -0.316. The zero-order valence-corrected chi connectivity index (χ0v) is 8.35. The van der Waals surface area contributed by atoms with Gasteiger partial charge >= 0.3 is 11.9 Å². The van der Waals surface area contributed by atoms with E-state index in [1.54, 1.807) is 7.05 Å². The normalized spacial score (nSPS) is 27.4. The predicted molar refractivity (Wildman–Crippen MR) is 44.8 cm³/mol. The molecule has 0 saturated carbocycles. The average Bonchev–Trinajstić information content (AvgIpc) is 2.44. The van der Waals surface area contributed by atoms with Gasteiger partial charge in [-0.2, -0.15) is 5.06 Å². The van der Waals surface area contributed by atoms with Crippen molar-refractivity contribution in [1.82, 2.24) is 5.06 Å². The highest BCUT2D eigenvalue weighted by molar-refractivity contribution is 5.75. The third-order valence-electron chi connectivity index (χ3n) is 1.91. The summed E-state index contributed by atoms with van der Waals surface area (Å²) in [4.78, 5) is 26.9. The van der Waals surface area contributed by atoms with Gasteiger partial charge in [-0.3, -0.25) is 14.4 Å². The first-order chi connectivity index (χ1) is 6.54. The van der Waals surface area contributed by atoms with Crippen LogP contribution >= 0.6 is 0 Å². The lowest BCUT2D eigenvalue weighted by atomic mass is 10.2. The van der Waals surface area contributed by atoms with Crippen LogP contribution in [0.4, 0.5) is 0 Å². The minimum atomic E-state index is -0.693. The molecule has 1 heterocycles. The van der Waals surface area contributed by atoms with Crippen LogP contribution < -0.4 is 0 Å². The average molecular weight is 203 g/mol. The number of hydroxylamine groups is 2. The second kappa shape index (κ2) is 4.39. The smallest absolute Gasteiger partial charge is 0.325 e. The molecule has 0 N–H and O–H groups in total. The molecule has 0 aliphatic carbocycles. The number of carbonyl (C=O) groups is 2. The van der Waals surface area contributed by atoms with Crippen molar-refractivity contribution in [3.63, 3.8) is 0 Å². The van der Waals surface area contributed by atoms with Crippen molar-refractivity contribution in [1.29, 1.82) is 0 Å². The minimum Gasteiger partial charge on any atom is -0.468 e. The molecule has 0 unspecified atom stereocenters. The lowest BCUT2D eigenvalue weighted by Gasteiger charge is -2.13. The number of methoxy groups -OCH3 is 1. The highest BCUT2D eigenvalue weighted by Crippen LogP contribution is 2.21. The van der Waals surface area contributed by atoms with Crippen molar-refractivity contribution in [2.24, 2.45) is 0 Å². The minimum absolute atomic E-state index is 0.294. The monoisotopic (exact) mass is 203 g/mol. The second-order valence-electron chi connectivity index (χ2n) is 2.97. The number of hydrogen-bond acceptors (Lipinski definition) is 6. The van der Waals surface area contributed by atoms with Crippen LogP contribution in [0.5, 0.6) is 0 Å². The first-order valence-corrected chi connectivity index (χ1v) is 4.19. The fraction of sp³-hybridized carbons (Fsp3) is 0.750. The van der Waals surface area contributed by atoms with Gasteiger partial charge in [0, 0.05) is 20.4 Å². The van der Waals surface area contributed by atoms with Gasteiger partial charge in [0.1, 0.15) is 6.04 Å². The van der Waals surface area contributed by atoms with E-state index in [1.165, 1.54) is 19.1 Å². The maximum Gasteiger partial charge on any atom is 0.325 e. The van der Waals surface area contributed by atoms with Gasteiger partial charge in [-0.1, -0.05) is 0 Å². The number of ether oxygens (including phenoxy) is 2. The molecule has 0 amide bonds. The summed E-state index contributed by atoms with van der Waals surface area (Å²) in [6, 6.07) is -0.510. The summed E-state index contributed by atoms with van der Waals surface area (Å²) in [5, 5.41) is 1.33. The zero-order valence-electron chi connectivity index (χ0n) is 8.35. The summed E-state index contributed by atoms with van der Waals surface area (Å²) in [5.74, 6) is -0.837. The lowest BCUT2D eigenvalue weighted by Crippen LogP contribution is -2.32. The van der Waals surface area contributed by atoms with Crippen LogP contribution in [0.15, 0.2) is 0 Å². The Balaban J connectivity index is 2.51. The van der Waals surface area contributed by atoms with Gasteiger partial charge in [-0.05, 0) is 0 Å². The highest BCUT2D eigenvalue weighted by atomic mass is 16.8. The summed E-state index contributed by atoms with van der Waals surface area (Å²) in [5.41, 5.74) is 0. The van der Waals surface area contributed by atoms with Crippen molar-refractivity contribution in [2.75, 3.05) is 14.2 Å². The Morgan fingerprint density at radius 1 is 1.50 bits per heavy atom. The molecule has 1 saturated heterocycles. The first-order valence-electron chi connectivity index (χ1n) is 4.19. The number of esters is 2. The molecule has 14 heavy (non-hydrogen) atoms. The molecule has 1 rings (SSSR count). The van der Waals surface area contributed by atoms with Crippen LogP contribution in [0, 0.1) is 0 Å². The van der Waals surface area contributed by atoms with Gasteiger partial charge in [0.2, 0.25) is 6.29 Å². The molecule has 1 aliphatic heterocycles. The quantitative estimate of drug-likeness (QED) is 0.573. The third kappa shape index (κ3) is 2.43. The topological polar surface area (TPSA) is 65.1 Å². The van der Waals surface area contributed by atoms with Gasteiger partial charge in [-0.25, -0.2) is 0 Å². The molecule has 0 bridgehead atoms. The van der Waals surface area contributed by atoms with E-state index < -0.39 is 24.3 Å². The Morgan fingerprint density at radius 2 is 2.14 bits per heavy atom. The Hall–Kier alpha value is -1.14. The van der Waals surface area contributed by atoms with E-state index in [0.717, 1.165) is 0 Å². The van der Waals surface area contributed by atoms with Crippen LogP contribution in [-0.2, 0) is 23.9 Å². The standard InChI is InChI=1S/C8H13NO5/c1-5(10)13-7-4-6(8(11)12-3)9(2)14-7/h6-7H,4H2,1-3H3/t6-,7+/m1/s1. The Labute approximate surface area is 81.7 Å². The van der Waals surface area contributed by atoms with E-state index in [4.69, 9.17) is 9.57 Å². The molecule has 1 fully saturated rings. The molecule has 0 aromatic carbocycles. The second-order valence-corrected chi connectivity index (χ2v) is 2.97. The molecule has 80 valence electrons.